The molecule has 1 atom stereocenters. The van der Waals surface area contributed by atoms with E-state index in [4.69, 9.17) is 4.74 Å². The molecule has 1 amide bonds. The molecule has 142 valence electrons. The Balaban J connectivity index is 1.58. The molecule has 3 nitrogen and oxygen atoms in total. The summed E-state index contributed by atoms with van der Waals surface area (Å²) in [5.41, 5.74) is 2.86. The van der Waals surface area contributed by atoms with Gasteiger partial charge in [-0.05, 0) is 39.7 Å². The van der Waals surface area contributed by atoms with E-state index in [9.17, 15) is 4.79 Å². The van der Waals surface area contributed by atoms with Crippen molar-refractivity contribution in [3.05, 3.63) is 100 Å². The molecule has 1 unspecified atom stereocenters. The summed E-state index contributed by atoms with van der Waals surface area (Å²) in [7, 11) is 0. The van der Waals surface area contributed by atoms with Crippen molar-refractivity contribution in [2.45, 2.75) is 12.0 Å². The van der Waals surface area contributed by atoms with Crippen molar-refractivity contribution in [1.29, 1.82) is 0 Å². The van der Waals surface area contributed by atoms with Crippen LogP contribution in [0.4, 0.5) is 0 Å². The van der Waals surface area contributed by atoms with Gasteiger partial charge in [-0.2, -0.15) is 0 Å². The van der Waals surface area contributed by atoms with Crippen molar-refractivity contribution in [3.63, 3.8) is 0 Å². The van der Waals surface area contributed by atoms with Gasteiger partial charge in [0.1, 0.15) is 17.7 Å². The lowest BCUT2D eigenvalue weighted by molar-refractivity contribution is 0.0758. The standard InChI is InChI=1S/C23H20BrNO2S/c24-20-12-6-4-10-18(20)22(26)25-14-15-28-23(25)19-11-5-7-13-21(19)27-16-17-8-2-1-3-9-17/h1-13,23H,14-16H2. The van der Waals surface area contributed by atoms with E-state index in [1.165, 1.54) is 0 Å². The van der Waals surface area contributed by atoms with Gasteiger partial charge in [0.15, 0.2) is 0 Å². The number of benzene rings is 3. The predicted molar refractivity (Wildman–Crippen MR) is 118 cm³/mol. The predicted octanol–water partition coefficient (Wildman–Crippen LogP) is 5.92. The van der Waals surface area contributed by atoms with Gasteiger partial charge < -0.3 is 9.64 Å². The maximum atomic E-state index is 13.2. The first-order valence-electron chi connectivity index (χ1n) is 9.17. The maximum Gasteiger partial charge on any atom is 0.256 e. The third-order valence-corrected chi connectivity index (χ3v) is 6.61. The first kappa shape index (κ1) is 19.1. The number of amides is 1. The fourth-order valence-electron chi connectivity index (χ4n) is 3.28. The molecule has 0 radical (unpaired) electrons. The molecule has 0 spiro atoms. The quantitative estimate of drug-likeness (QED) is 0.480. The topological polar surface area (TPSA) is 29.5 Å². The van der Waals surface area contributed by atoms with Gasteiger partial charge >= 0.3 is 0 Å². The minimum atomic E-state index is -0.0495. The Bertz CT molecular complexity index is 964. The molecule has 4 rings (SSSR count). The van der Waals surface area contributed by atoms with Crippen LogP contribution < -0.4 is 4.74 Å². The minimum absolute atomic E-state index is 0.0420. The van der Waals surface area contributed by atoms with E-state index >= 15 is 0 Å². The second-order valence-corrected chi connectivity index (χ2v) is 8.56. The average Bonchev–Trinajstić information content (AvgIpc) is 3.23. The van der Waals surface area contributed by atoms with Crippen molar-refractivity contribution >= 4 is 33.6 Å². The summed E-state index contributed by atoms with van der Waals surface area (Å²) in [5, 5.41) is -0.0495. The Morgan fingerprint density at radius 3 is 2.54 bits per heavy atom. The number of nitrogens with zero attached hydrogens (tertiary/aromatic N) is 1. The summed E-state index contributed by atoms with van der Waals surface area (Å²) in [6.45, 7) is 1.23. The lowest BCUT2D eigenvalue weighted by atomic mass is 10.1. The zero-order valence-electron chi connectivity index (χ0n) is 15.3. The van der Waals surface area contributed by atoms with Crippen LogP contribution >= 0.6 is 27.7 Å². The van der Waals surface area contributed by atoms with Crippen LogP contribution in [-0.2, 0) is 6.61 Å². The van der Waals surface area contributed by atoms with E-state index in [2.05, 4.69) is 34.1 Å². The van der Waals surface area contributed by atoms with Crippen LogP contribution in [0, 0.1) is 0 Å². The van der Waals surface area contributed by atoms with E-state index in [-0.39, 0.29) is 11.3 Å². The molecular weight excluding hydrogens is 434 g/mol. The Hall–Kier alpha value is -2.24. The molecule has 1 fully saturated rings. The highest BCUT2D eigenvalue weighted by Crippen LogP contribution is 2.43. The number of ether oxygens (including phenoxy) is 1. The molecule has 0 aliphatic carbocycles. The Kier molecular flexibility index (Phi) is 6.03. The van der Waals surface area contributed by atoms with Gasteiger partial charge in [-0.25, -0.2) is 0 Å². The van der Waals surface area contributed by atoms with Gasteiger partial charge in [0.2, 0.25) is 0 Å². The highest BCUT2D eigenvalue weighted by Gasteiger charge is 2.33. The van der Waals surface area contributed by atoms with E-state index in [1.54, 1.807) is 11.8 Å². The van der Waals surface area contributed by atoms with E-state index in [1.807, 2.05) is 65.6 Å². The smallest absolute Gasteiger partial charge is 0.256 e. The van der Waals surface area contributed by atoms with Crippen molar-refractivity contribution in [3.8, 4) is 5.75 Å². The third-order valence-electron chi connectivity index (χ3n) is 4.68. The van der Waals surface area contributed by atoms with Crippen LogP contribution in [0.2, 0.25) is 0 Å². The molecule has 1 aliphatic heterocycles. The highest BCUT2D eigenvalue weighted by molar-refractivity contribution is 9.10. The number of carbonyl (C=O) groups excluding carboxylic acids is 1. The van der Waals surface area contributed by atoms with Gasteiger partial charge in [0.25, 0.3) is 5.91 Å². The molecule has 28 heavy (non-hydrogen) atoms. The molecular formula is C23H20BrNO2S. The number of halogens is 1. The fraction of sp³-hybridized carbons (Fsp3) is 0.174. The molecule has 5 heteroatoms. The molecule has 0 aromatic heterocycles. The maximum absolute atomic E-state index is 13.2. The lowest BCUT2D eigenvalue weighted by Crippen LogP contribution is -2.30. The Morgan fingerprint density at radius 2 is 1.71 bits per heavy atom. The number of rotatable bonds is 5. The second-order valence-electron chi connectivity index (χ2n) is 6.51. The fourth-order valence-corrected chi connectivity index (χ4v) is 5.01. The van der Waals surface area contributed by atoms with Crippen molar-refractivity contribution < 1.29 is 9.53 Å². The van der Waals surface area contributed by atoms with Crippen molar-refractivity contribution in [1.82, 2.24) is 4.90 Å². The molecule has 0 bridgehead atoms. The Morgan fingerprint density at radius 1 is 1.00 bits per heavy atom. The van der Waals surface area contributed by atoms with Crippen molar-refractivity contribution in [2.24, 2.45) is 0 Å². The minimum Gasteiger partial charge on any atom is -0.489 e. The van der Waals surface area contributed by atoms with E-state index in [0.29, 0.717) is 12.2 Å². The molecule has 1 heterocycles. The van der Waals surface area contributed by atoms with Crippen LogP contribution in [-0.4, -0.2) is 23.1 Å². The number of thioether (sulfide) groups is 1. The van der Waals surface area contributed by atoms with Crippen LogP contribution in [0.3, 0.4) is 0 Å². The molecule has 0 saturated carbocycles. The van der Waals surface area contributed by atoms with Gasteiger partial charge in [0, 0.05) is 22.3 Å². The highest BCUT2D eigenvalue weighted by atomic mass is 79.9. The monoisotopic (exact) mass is 453 g/mol. The Labute approximate surface area is 177 Å². The third kappa shape index (κ3) is 4.10. The molecule has 3 aromatic rings. The van der Waals surface area contributed by atoms with E-state index < -0.39 is 0 Å². The normalized spacial score (nSPS) is 16.2. The number of hydrogen-bond donors (Lipinski definition) is 0. The van der Waals surface area contributed by atoms with Crippen LogP contribution in [0.15, 0.2) is 83.3 Å². The second kappa shape index (κ2) is 8.84. The first-order chi connectivity index (χ1) is 13.7. The van der Waals surface area contributed by atoms with Gasteiger partial charge in [-0.3, -0.25) is 4.79 Å². The summed E-state index contributed by atoms with van der Waals surface area (Å²) in [6, 6.07) is 25.7. The average molecular weight is 454 g/mol. The van der Waals surface area contributed by atoms with Gasteiger partial charge in [0.05, 0.1) is 5.56 Å². The summed E-state index contributed by atoms with van der Waals surface area (Å²) < 4.78 is 6.96. The lowest BCUT2D eigenvalue weighted by Gasteiger charge is -2.26. The molecule has 1 aliphatic rings. The molecule has 1 saturated heterocycles. The van der Waals surface area contributed by atoms with Crippen LogP contribution in [0.5, 0.6) is 5.75 Å². The first-order valence-corrected chi connectivity index (χ1v) is 11.0. The number of carbonyl (C=O) groups is 1. The number of para-hydroxylation sites is 1. The largest absolute Gasteiger partial charge is 0.489 e. The summed E-state index contributed by atoms with van der Waals surface area (Å²) in [4.78, 5) is 15.1. The van der Waals surface area contributed by atoms with Crippen molar-refractivity contribution in [2.75, 3.05) is 12.3 Å². The van der Waals surface area contributed by atoms with E-state index in [0.717, 1.165) is 33.6 Å². The number of hydrogen-bond acceptors (Lipinski definition) is 3. The zero-order chi connectivity index (χ0) is 19.3. The van der Waals surface area contributed by atoms with Crippen LogP contribution in [0.25, 0.3) is 0 Å². The SMILES string of the molecule is O=C(c1ccccc1Br)N1CCSC1c1ccccc1OCc1ccccc1. The summed E-state index contributed by atoms with van der Waals surface area (Å²) in [5.74, 6) is 1.78. The summed E-state index contributed by atoms with van der Waals surface area (Å²) in [6.07, 6.45) is 0. The van der Waals surface area contributed by atoms with Gasteiger partial charge in [-0.1, -0.05) is 60.7 Å². The summed E-state index contributed by atoms with van der Waals surface area (Å²) >= 11 is 5.28. The van der Waals surface area contributed by atoms with Gasteiger partial charge in [-0.15, -0.1) is 11.8 Å². The molecule has 3 aromatic carbocycles. The zero-order valence-corrected chi connectivity index (χ0v) is 17.7. The van der Waals surface area contributed by atoms with Crippen LogP contribution in [0.1, 0.15) is 26.9 Å². The molecule has 0 N–H and O–H groups in total.